The van der Waals surface area contributed by atoms with Gasteiger partial charge < -0.3 is 9.64 Å². The van der Waals surface area contributed by atoms with E-state index in [4.69, 9.17) is 4.74 Å². The molecular weight excluding hydrogens is 298 g/mol. The van der Waals surface area contributed by atoms with E-state index in [1.165, 1.54) is 9.88 Å². The highest BCUT2D eigenvalue weighted by molar-refractivity contribution is 7.11. The number of rotatable bonds is 3. The summed E-state index contributed by atoms with van der Waals surface area (Å²) in [7, 11) is 0. The number of aromatic nitrogens is 1. The minimum atomic E-state index is -0.430. The van der Waals surface area contributed by atoms with Crippen molar-refractivity contribution in [1.82, 2.24) is 14.8 Å². The highest BCUT2D eigenvalue weighted by Crippen LogP contribution is 2.17. The van der Waals surface area contributed by atoms with Crippen LogP contribution in [-0.4, -0.2) is 58.7 Å². The monoisotopic (exact) mass is 325 g/mol. The van der Waals surface area contributed by atoms with Crippen LogP contribution >= 0.6 is 11.3 Å². The van der Waals surface area contributed by atoms with Crippen LogP contribution in [0.5, 0.6) is 0 Å². The Morgan fingerprint density at radius 3 is 2.73 bits per heavy atom. The first kappa shape index (κ1) is 17.2. The fourth-order valence-electron chi connectivity index (χ4n) is 2.58. The number of carbonyl (C=O) groups excluding carboxylic acids is 1. The van der Waals surface area contributed by atoms with E-state index in [2.05, 4.69) is 23.7 Å². The number of ether oxygens (including phenoxy) is 1. The molecule has 0 radical (unpaired) electrons. The Morgan fingerprint density at radius 2 is 2.18 bits per heavy atom. The van der Waals surface area contributed by atoms with Crippen molar-refractivity contribution in [2.45, 2.75) is 52.7 Å². The number of thiazole rings is 1. The number of piperazine rings is 1. The Kier molecular flexibility index (Phi) is 5.45. The Morgan fingerprint density at radius 1 is 1.45 bits per heavy atom. The lowest BCUT2D eigenvalue weighted by atomic mass is 10.2. The largest absolute Gasteiger partial charge is 0.444 e. The maximum absolute atomic E-state index is 12.1. The topological polar surface area (TPSA) is 45.7 Å². The second-order valence-electron chi connectivity index (χ2n) is 6.93. The van der Waals surface area contributed by atoms with Crippen molar-refractivity contribution >= 4 is 17.4 Å². The third kappa shape index (κ3) is 4.95. The zero-order valence-electron chi connectivity index (χ0n) is 14.3. The third-order valence-corrected chi connectivity index (χ3v) is 4.67. The quantitative estimate of drug-likeness (QED) is 0.857. The van der Waals surface area contributed by atoms with Crippen LogP contribution in [0.15, 0.2) is 6.20 Å². The molecule has 1 amide bonds. The molecule has 0 bridgehead atoms. The average molecular weight is 325 g/mol. The molecule has 1 aliphatic heterocycles. The van der Waals surface area contributed by atoms with Crippen LogP contribution in [0.1, 0.15) is 37.6 Å². The lowest BCUT2D eigenvalue weighted by Gasteiger charge is -2.40. The molecule has 5 nitrogen and oxygen atoms in total. The summed E-state index contributed by atoms with van der Waals surface area (Å²) in [4.78, 5) is 22.1. The minimum Gasteiger partial charge on any atom is -0.444 e. The van der Waals surface area contributed by atoms with Crippen molar-refractivity contribution in [2.24, 2.45) is 0 Å². The molecule has 1 atom stereocenters. The maximum atomic E-state index is 12.1. The van der Waals surface area contributed by atoms with Crippen LogP contribution in [0, 0.1) is 6.92 Å². The molecule has 0 saturated carbocycles. The first-order valence-corrected chi connectivity index (χ1v) is 8.69. The summed E-state index contributed by atoms with van der Waals surface area (Å²) in [5, 5.41) is 1.19. The number of nitrogens with zero attached hydrogens (tertiary/aromatic N) is 3. The van der Waals surface area contributed by atoms with Crippen LogP contribution < -0.4 is 0 Å². The molecule has 0 aliphatic carbocycles. The summed E-state index contributed by atoms with van der Waals surface area (Å²) in [6.07, 6.45) is 2.72. The van der Waals surface area contributed by atoms with Crippen molar-refractivity contribution in [3.63, 3.8) is 0 Å². The molecule has 0 N–H and O–H groups in total. The van der Waals surface area contributed by atoms with Gasteiger partial charge in [0.1, 0.15) is 5.60 Å². The molecule has 1 aromatic heterocycles. The van der Waals surface area contributed by atoms with Crippen LogP contribution in [0.2, 0.25) is 0 Å². The first-order valence-electron chi connectivity index (χ1n) is 7.88. The summed E-state index contributed by atoms with van der Waals surface area (Å²) in [5.41, 5.74) is -0.430. The van der Waals surface area contributed by atoms with Crippen molar-refractivity contribution < 1.29 is 9.53 Å². The smallest absolute Gasteiger partial charge is 0.410 e. The van der Waals surface area contributed by atoms with Gasteiger partial charge in [-0.05, 0) is 34.6 Å². The molecule has 6 heteroatoms. The van der Waals surface area contributed by atoms with Crippen molar-refractivity contribution in [2.75, 3.05) is 26.2 Å². The lowest BCUT2D eigenvalue weighted by Crippen LogP contribution is -2.54. The van der Waals surface area contributed by atoms with E-state index in [9.17, 15) is 4.79 Å². The van der Waals surface area contributed by atoms with E-state index in [0.717, 1.165) is 32.6 Å². The van der Waals surface area contributed by atoms with Crippen molar-refractivity contribution in [1.29, 1.82) is 0 Å². The zero-order valence-corrected chi connectivity index (χ0v) is 15.1. The number of hydrogen-bond donors (Lipinski definition) is 0. The normalized spacial score (nSPS) is 20.2. The molecule has 1 aliphatic rings. The molecule has 2 heterocycles. The van der Waals surface area contributed by atoms with Gasteiger partial charge in [0, 0.05) is 49.7 Å². The summed E-state index contributed by atoms with van der Waals surface area (Å²) in [6, 6.07) is 0.349. The Labute approximate surface area is 137 Å². The molecule has 0 unspecified atom stereocenters. The van der Waals surface area contributed by atoms with Gasteiger partial charge >= 0.3 is 6.09 Å². The maximum Gasteiger partial charge on any atom is 0.410 e. The second kappa shape index (κ2) is 6.96. The fraction of sp³-hybridized carbons (Fsp3) is 0.750. The predicted molar refractivity (Wildman–Crippen MR) is 89.4 cm³/mol. The van der Waals surface area contributed by atoms with Crippen molar-refractivity contribution in [3.05, 3.63) is 16.1 Å². The van der Waals surface area contributed by atoms with E-state index in [0.29, 0.717) is 6.04 Å². The summed E-state index contributed by atoms with van der Waals surface area (Å²) >= 11 is 1.77. The van der Waals surface area contributed by atoms with Gasteiger partial charge in [-0.1, -0.05) is 0 Å². The molecule has 1 saturated heterocycles. The standard InChI is InChI=1S/C16H27N3O2S/c1-12-11-19(15(20)21-16(3,4)5)9-8-18(12)7-6-14-17-10-13(2)22-14/h10,12H,6-9,11H2,1-5H3/t12-/m0/s1. The van der Waals surface area contributed by atoms with E-state index >= 15 is 0 Å². The zero-order chi connectivity index (χ0) is 16.3. The molecule has 22 heavy (non-hydrogen) atoms. The summed E-state index contributed by atoms with van der Waals surface area (Å²) in [5.74, 6) is 0. The van der Waals surface area contributed by atoms with Gasteiger partial charge in [-0.25, -0.2) is 9.78 Å². The highest BCUT2D eigenvalue weighted by atomic mass is 32.1. The average Bonchev–Trinajstić information content (AvgIpc) is 2.81. The third-order valence-electron chi connectivity index (χ3n) is 3.70. The van der Waals surface area contributed by atoms with Gasteiger partial charge in [0.25, 0.3) is 0 Å². The van der Waals surface area contributed by atoms with E-state index in [1.807, 2.05) is 31.9 Å². The second-order valence-corrected chi connectivity index (χ2v) is 8.25. The highest BCUT2D eigenvalue weighted by Gasteiger charge is 2.29. The minimum absolute atomic E-state index is 0.199. The predicted octanol–water partition coefficient (Wildman–Crippen LogP) is 2.94. The molecule has 124 valence electrons. The van der Waals surface area contributed by atoms with Crippen molar-refractivity contribution in [3.8, 4) is 0 Å². The van der Waals surface area contributed by atoms with Gasteiger partial charge in [-0.3, -0.25) is 4.90 Å². The summed E-state index contributed by atoms with van der Waals surface area (Å²) in [6.45, 7) is 13.3. The van der Waals surface area contributed by atoms with E-state index in [-0.39, 0.29) is 6.09 Å². The van der Waals surface area contributed by atoms with Gasteiger partial charge in [-0.15, -0.1) is 11.3 Å². The first-order chi connectivity index (χ1) is 10.2. The van der Waals surface area contributed by atoms with E-state index < -0.39 is 5.60 Å². The Balaban J connectivity index is 1.81. The SMILES string of the molecule is Cc1cnc(CCN2CCN(C(=O)OC(C)(C)C)C[C@@H]2C)s1. The summed E-state index contributed by atoms with van der Waals surface area (Å²) < 4.78 is 5.45. The molecule has 1 fully saturated rings. The lowest BCUT2D eigenvalue weighted by molar-refractivity contribution is 0.00598. The molecule has 0 aromatic carbocycles. The fourth-order valence-corrected chi connectivity index (χ4v) is 3.35. The number of carbonyl (C=O) groups is 1. The van der Waals surface area contributed by atoms with Crippen LogP contribution in [0.4, 0.5) is 4.79 Å². The van der Waals surface area contributed by atoms with Gasteiger partial charge in [-0.2, -0.15) is 0 Å². The van der Waals surface area contributed by atoms with Crippen LogP contribution in [-0.2, 0) is 11.2 Å². The Hall–Kier alpha value is -1.14. The van der Waals surface area contributed by atoms with Crippen LogP contribution in [0.3, 0.4) is 0 Å². The number of hydrogen-bond acceptors (Lipinski definition) is 5. The molecular formula is C16H27N3O2S. The molecule has 0 spiro atoms. The van der Waals surface area contributed by atoms with Gasteiger partial charge in [0.05, 0.1) is 5.01 Å². The van der Waals surface area contributed by atoms with Crippen LogP contribution in [0.25, 0.3) is 0 Å². The van der Waals surface area contributed by atoms with Gasteiger partial charge in [0.15, 0.2) is 0 Å². The van der Waals surface area contributed by atoms with E-state index in [1.54, 1.807) is 11.3 Å². The Bertz CT molecular complexity index is 510. The molecule has 2 rings (SSSR count). The number of amides is 1. The van der Waals surface area contributed by atoms with Gasteiger partial charge in [0.2, 0.25) is 0 Å². The number of aryl methyl sites for hydroxylation is 1. The molecule has 1 aromatic rings.